The Kier molecular flexibility index (Phi) is 3.75. The van der Waals surface area contributed by atoms with Crippen LogP contribution in [-0.2, 0) is 6.18 Å². The lowest BCUT2D eigenvalue weighted by Gasteiger charge is -2.14. The largest absolute Gasteiger partial charge is 0.432 e. The van der Waals surface area contributed by atoms with Gasteiger partial charge < -0.3 is 4.98 Å². The molecule has 1 heterocycles. The van der Waals surface area contributed by atoms with Crippen molar-refractivity contribution in [3.05, 3.63) is 27.9 Å². The van der Waals surface area contributed by atoms with Gasteiger partial charge >= 0.3 is 11.9 Å². The molecule has 1 rings (SSSR count). The third kappa shape index (κ3) is 3.34. The normalized spacial score (nSPS) is 12.6. The molecule has 0 aliphatic carbocycles. The lowest BCUT2D eigenvalue weighted by molar-refractivity contribution is -0.141. The number of nitrogens with zero attached hydrogens (tertiary/aromatic N) is 1. The molecule has 0 amide bonds. The van der Waals surface area contributed by atoms with Crippen molar-refractivity contribution in [3.63, 3.8) is 0 Å². The molecule has 0 bridgehead atoms. The molecule has 0 spiro atoms. The summed E-state index contributed by atoms with van der Waals surface area (Å²) in [6.07, 6.45) is -4.56. The van der Waals surface area contributed by atoms with E-state index in [0.29, 0.717) is 6.20 Å². The van der Waals surface area contributed by atoms with Gasteiger partial charge in [-0.15, -0.1) is 0 Å². The zero-order chi connectivity index (χ0) is 13.4. The van der Waals surface area contributed by atoms with Gasteiger partial charge in [0, 0.05) is 6.20 Å². The molecular weight excluding hydrogens is 307 g/mol. The Labute approximate surface area is 107 Å². The number of alkyl halides is 6. The molecule has 0 aliphatic rings. The molecule has 4 nitrogen and oxygen atoms in total. The van der Waals surface area contributed by atoms with E-state index in [1.807, 2.05) is 0 Å². The Hall–Kier alpha value is -0.790. The molecule has 1 aromatic heterocycles. The van der Waals surface area contributed by atoms with Gasteiger partial charge in [-0.1, -0.05) is 34.8 Å². The average molecular weight is 309 g/mol. The summed E-state index contributed by atoms with van der Waals surface area (Å²) in [5, 5.41) is 0. The summed E-state index contributed by atoms with van der Waals surface area (Å²) >= 11 is 15.5. The number of aromatic nitrogens is 2. The summed E-state index contributed by atoms with van der Waals surface area (Å²) in [7, 11) is 0. The van der Waals surface area contributed by atoms with Gasteiger partial charge in [-0.2, -0.15) is 13.2 Å². The van der Waals surface area contributed by atoms with E-state index in [4.69, 9.17) is 34.8 Å². The van der Waals surface area contributed by atoms with E-state index in [0.717, 1.165) is 0 Å². The maximum atomic E-state index is 12.5. The number of Topliss-reactive ketones (excluding diaryl/α,β-unsaturated/α-hetero) is 1. The predicted octanol–water partition coefficient (Wildman–Crippen LogP) is 2.34. The number of carbonyl (C=O) groups excluding carboxylic acids is 1. The van der Waals surface area contributed by atoms with Crippen LogP contribution >= 0.6 is 34.8 Å². The molecule has 0 fully saturated rings. The van der Waals surface area contributed by atoms with E-state index in [2.05, 4.69) is 4.98 Å². The lowest BCUT2D eigenvalue weighted by Crippen LogP contribution is -2.28. The molecule has 1 aromatic rings. The summed E-state index contributed by atoms with van der Waals surface area (Å²) in [5.74, 6) is -1.43. The lowest BCUT2D eigenvalue weighted by atomic mass is 10.1. The van der Waals surface area contributed by atoms with Gasteiger partial charge in [-0.25, -0.2) is 9.78 Å². The van der Waals surface area contributed by atoms with Crippen LogP contribution in [0, 0.1) is 0 Å². The number of carbonyl (C=O) groups is 1. The molecule has 17 heavy (non-hydrogen) atoms. The molecule has 0 aromatic carbocycles. The second kappa shape index (κ2) is 4.47. The second-order valence-electron chi connectivity index (χ2n) is 2.80. The minimum Gasteiger partial charge on any atom is -0.301 e. The number of H-pyrrole nitrogens is 1. The van der Waals surface area contributed by atoms with Crippen LogP contribution in [0.3, 0.4) is 0 Å². The van der Waals surface area contributed by atoms with E-state index in [1.165, 1.54) is 4.98 Å². The summed E-state index contributed by atoms with van der Waals surface area (Å²) in [4.78, 5) is 26.4. The fourth-order valence-corrected chi connectivity index (χ4v) is 1.25. The molecule has 0 saturated heterocycles. The van der Waals surface area contributed by atoms with E-state index in [-0.39, 0.29) is 0 Å². The molecule has 94 valence electrons. The van der Waals surface area contributed by atoms with Crippen molar-refractivity contribution in [2.75, 3.05) is 0 Å². The van der Waals surface area contributed by atoms with Crippen LogP contribution < -0.4 is 5.69 Å². The highest BCUT2D eigenvalue weighted by Crippen LogP contribution is 2.35. The molecule has 0 saturated carbocycles. The first kappa shape index (κ1) is 14.3. The Balaban J connectivity index is 3.45. The maximum Gasteiger partial charge on any atom is 0.432 e. The van der Waals surface area contributed by atoms with E-state index >= 15 is 0 Å². The van der Waals surface area contributed by atoms with Crippen LogP contribution in [0.25, 0.3) is 0 Å². The molecule has 0 unspecified atom stereocenters. The number of hydrogen-bond donors (Lipinski definition) is 1. The SMILES string of the molecule is O=C(c1cnc(=O)[nH]c1C(F)(F)F)C(Cl)(Cl)Cl. The number of aromatic amines is 1. The standard InChI is InChI=1S/C7H2Cl3F3N2O2/c8-6(9,10)4(16)2-1-14-5(17)15-3(2)7(11,12)13/h1H,(H,14,15,17). The van der Waals surface area contributed by atoms with Gasteiger partial charge in [0.2, 0.25) is 5.78 Å². The Morgan fingerprint density at radius 3 is 2.24 bits per heavy atom. The van der Waals surface area contributed by atoms with Crippen molar-refractivity contribution in [2.45, 2.75) is 9.97 Å². The predicted molar refractivity (Wildman–Crippen MR) is 54.5 cm³/mol. The van der Waals surface area contributed by atoms with Gasteiger partial charge in [0.05, 0.1) is 5.56 Å². The first-order chi connectivity index (χ1) is 7.53. The van der Waals surface area contributed by atoms with Gasteiger partial charge in [-0.3, -0.25) is 4.79 Å². The van der Waals surface area contributed by atoms with Crippen molar-refractivity contribution in [3.8, 4) is 0 Å². The summed E-state index contributed by atoms with van der Waals surface area (Å²) in [6.45, 7) is 0. The summed E-state index contributed by atoms with van der Waals surface area (Å²) in [6, 6.07) is 0. The molecule has 10 heteroatoms. The first-order valence-electron chi connectivity index (χ1n) is 3.81. The minimum absolute atomic E-state index is 0.409. The van der Waals surface area contributed by atoms with Crippen LogP contribution in [0.1, 0.15) is 16.1 Å². The van der Waals surface area contributed by atoms with Crippen molar-refractivity contribution < 1.29 is 18.0 Å². The third-order valence-electron chi connectivity index (χ3n) is 1.60. The van der Waals surface area contributed by atoms with Crippen LogP contribution in [0.2, 0.25) is 0 Å². The Bertz CT molecular complexity index is 506. The van der Waals surface area contributed by atoms with E-state index < -0.39 is 32.7 Å². The highest BCUT2D eigenvalue weighted by atomic mass is 35.6. The van der Waals surface area contributed by atoms with Crippen LogP contribution in [0.5, 0.6) is 0 Å². The van der Waals surface area contributed by atoms with Gasteiger partial charge in [0.1, 0.15) is 5.69 Å². The van der Waals surface area contributed by atoms with Crippen LogP contribution in [0.4, 0.5) is 13.2 Å². The maximum absolute atomic E-state index is 12.5. The minimum atomic E-state index is -4.97. The fourth-order valence-electron chi connectivity index (χ4n) is 0.943. The van der Waals surface area contributed by atoms with Gasteiger partial charge in [0.25, 0.3) is 3.79 Å². The van der Waals surface area contributed by atoms with E-state index in [9.17, 15) is 22.8 Å². The number of nitrogens with one attached hydrogen (secondary N) is 1. The van der Waals surface area contributed by atoms with Crippen molar-refractivity contribution in [1.29, 1.82) is 0 Å². The van der Waals surface area contributed by atoms with E-state index in [1.54, 1.807) is 0 Å². The quantitative estimate of drug-likeness (QED) is 0.640. The van der Waals surface area contributed by atoms with Crippen LogP contribution in [0.15, 0.2) is 11.0 Å². The second-order valence-corrected chi connectivity index (χ2v) is 5.08. The van der Waals surface area contributed by atoms with Crippen molar-refractivity contribution in [2.24, 2.45) is 0 Å². The van der Waals surface area contributed by atoms with Crippen LogP contribution in [-0.4, -0.2) is 19.5 Å². The smallest absolute Gasteiger partial charge is 0.301 e. The highest BCUT2D eigenvalue weighted by Gasteiger charge is 2.41. The molecule has 0 atom stereocenters. The number of hydrogen-bond acceptors (Lipinski definition) is 3. The highest BCUT2D eigenvalue weighted by molar-refractivity contribution is 6.77. The van der Waals surface area contributed by atoms with Crippen molar-refractivity contribution >= 4 is 40.6 Å². The summed E-state index contributed by atoms with van der Waals surface area (Å²) < 4.78 is 34.9. The zero-order valence-electron chi connectivity index (χ0n) is 7.61. The van der Waals surface area contributed by atoms with Gasteiger partial charge in [0.15, 0.2) is 0 Å². The summed E-state index contributed by atoms with van der Waals surface area (Å²) in [5.41, 5.74) is -3.89. The number of ketones is 1. The average Bonchev–Trinajstić information content (AvgIpc) is 2.14. The molecular formula is C7H2Cl3F3N2O2. The Morgan fingerprint density at radius 1 is 1.29 bits per heavy atom. The topological polar surface area (TPSA) is 62.8 Å². The van der Waals surface area contributed by atoms with Crippen molar-refractivity contribution in [1.82, 2.24) is 9.97 Å². The third-order valence-corrected chi connectivity index (χ3v) is 2.11. The molecule has 1 N–H and O–H groups in total. The Morgan fingerprint density at radius 2 is 1.82 bits per heavy atom. The first-order valence-corrected chi connectivity index (χ1v) is 4.95. The zero-order valence-corrected chi connectivity index (χ0v) is 9.88. The monoisotopic (exact) mass is 308 g/mol. The molecule has 0 aliphatic heterocycles. The van der Waals surface area contributed by atoms with Gasteiger partial charge in [-0.05, 0) is 0 Å². The number of rotatable bonds is 1. The number of halogens is 6. The molecule has 0 radical (unpaired) electrons. The fraction of sp³-hybridized carbons (Fsp3) is 0.286.